The lowest BCUT2D eigenvalue weighted by Gasteiger charge is -2.46. The predicted octanol–water partition coefficient (Wildman–Crippen LogP) is 5.72. The molecule has 7 nitrogen and oxygen atoms in total. The molecule has 4 aliphatic rings. The average molecular weight is 550 g/mol. The normalized spacial score (nSPS) is 21.5. The summed E-state index contributed by atoms with van der Waals surface area (Å²) < 4.78 is 25.0. The van der Waals surface area contributed by atoms with Gasteiger partial charge >= 0.3 is 5.97 Å². The topological polar surface area (TPSA) is 63.6 Å². The summed E-state index contributed by atoms with van der Waals surface area (Å²) >= 11 is 0. The van der Waals surface area contributed by atoms with Crippen molar-refractivity contribution in [2.45, 2.75) is 70.9 Å². The highest BCUT2D eigenvalue weighted by atomic mass is 19.1. The van der Waals surface area contributed by atoms with E-state index in [2.05, 4.69) is 27.1 Å². The fraction of sp³-hybridized carbons (Fsp3) is 0.562. The Morgan fingerprint density at radius 3 is 2.48 bits per heavy atom. The van der Waals surface area contributed by atoms with Crippen molar-refractivity contribution in [3.63, 3.8) is 0 Å². The minimum atomic E-state index is -0.415. The zero-order valence-corrected chi connectivity index (χ0v) is 23.9. The molecule has 3 aliphatic heterocycles. The lowest BCUT2D eigenvalue weighted by molar-refractivity contribution is -0.156. The Kier molecular flexibility index (Phi) is 7.23. The van der Waals surface area contributed by atoms with Crippen molar-refractivity contribution in [1.82, 2.24) is 9.80 Å². The monoisotopic (exact) mass is 549 g/mol. The summed E-state index contributed by atoms with van der Waals surface area (Å²) in [6, 6.07) is 11.3. The van der Waals surface area contributed by atoms with Gasteiger partial charge in [-0.2, -0.15) is 0 Å². The number of carbonyl (C=O) groups excluding carboxylic acids is 1. The molecule has 1 spiro atoms. The smallest absolute Gasteiger partial charge is 0.311 e. The Bertz CT molecular complexity index is 1280. The summed E-state index contributed by atoms with van der Waals surface area (Å²) in [7, 11) is 0. The fourth-order valence-electron chi connectivity index (χ4n) is 6.40. The van der Waals surface area contributed by atoms with E-state index in [0.717, 1.165) is 74.7 Å². The number of hydrogen-bond donors (Lipinski definition) is 0. The zero-order valence-electron chi connectivity index (χ0n) is 23.9. The van der Waals surface area contributed by atoms with Gasteiger partial charge in [-0.15, -0.1) is 0 Å². The molecule has 0 N–H and O–H groups in total. The minimum Gasteiger partial charge on any atom is -0.494 e. The van der Waals surface area contributed by atoms with Gasteiger partial charge in [-0.25, -0.2) is 4.39 Å². The van der Waals surface area contributed by atoms with Gasteiger partial charge in [-0.1, -0.05) is 17.3 Å². The second kappa shape index (κ2) is 10.7. The van der Waals surface area contributed by atoms with Gasteiger partial charge in [0.05, 0.1) is 25.0 Å². The largest absolute Gasteiger partial charge is 0.494 e. The molecule has 0 unspecified atom stereocenters. The van der Waals surface area contributed by atoms with Crippen LogP contribution >= 0.6 is 0 Å². The van der Waals surface area contributed by atoms with Gasteiger partial charge in [-0.05, 0) is 93.3 Å². The number of amidine groups is 1. The van der Waals surface area contributed by atoms with E-state index in [1.807, 2.05) is 32.9 Å². The summed E-state index contributed by atoms with van der Waals surface area (Å²) in [6.45, 7) is 10.9. The molecule has 0 radical (unpaired) electrons. The first kappa shape index (κ1) is 27.1. The van der Waals surface area contributed by atoms with Gasteiger partial charge in [0.25, 0.3) is 0 Å². The predicted molar refractivity (Wildman–Crippen MR) is 152 cm³/mol. The van der Waals surface area contributed by atoms with E-state index in [4.69, 9.17) is 14.3 Å². The van der Waals surface area contributed by atoms with Crippen molar-refractivity contribution in [2.75, 3.05) is 39.4 Å². The van der Waals surface area contributed by atoms with E-state index in [0.29, 0.717) is 19.1 Å². The highest BCUT2D eigenvalue weighted by Crippen LogP contribution is 2.47. The highest BCUT2D eigenvalue weighted by molar-refractivity contribution is 5.85. The van der Waals surface area contributed by atoms with Crippen molar-refractivity contribution in [2.24, 2.45) is 10.6 Å². The molecular formula is C32H40FN3O4. The lowest BCUT2D eigenvalue weighted by atomic mass is 9.80. The van der Waals surface area contributed by atoms with Crippen molar-refractivity contribution >= 4 is 11.8 Å². The molecule has 2 saturated heterocycles. The third kappa shape index (κ3) is 5.30. The van der Waals surface area contributed by atoms with Crippen molar-refractivity contribution in [1.29, 1.82) is 0 Å². The number of esters is 1. The molecule has 0 amide bonds. The van der Waals surface area contributed by atoms with Gasteiger partial charge in [0.1, 0.15) is 17.4 Å². The summed E-state index contributed by atoms with van der Waals surface area (Å²) in [5.74, 6) is 2.14. The molecule has 3 heterocycles. The maximum absolute atomic E-state index is 13.6. The molecule has 0 atom stereocenters. The Labute approximate surface area is 236 Å². The fourth-order valence-corrected chi connectivity index (χ4v) is 6.40. The van der Waals surface area contributed by atoms with Gasteiger partial charge in [-0.3, -0.25) is 9.69 Å². The third-order valence-corrected chi connectivity index (χ3v) is 8.95. The van der Waals surface area contributed by atoms with Crippen LogP contribution in [0.4, 0.5) is 4.39 Å². The summed E-state index contributed by atoms with van der Waals surface area (Å²) in [6.07, 6.45) is 4.72. The highest BCUT2D eigenvalue weighted by Gasteiger charge is 2.51. The first-order valence-electron chi connectivity index (χ1n) is 14.8. The van der Waals surface area contributed by atoms with Crippen molar-refractivity contribution < 1.29 is 23.5 Å². The summed E-state index contributed by atoms with van der Waals surface area (Å²) in [5.41, 5.74) is 4.02. The molecule has 2 aromatic carbocycles. The Balaban J connectivity index is 1.10. The number of oxime groups is 1. The second-order valence-electron chi connectivity index (χ2n) is 12.1. The average Bonchev–Trinajstić information content (AvgIpc) is 3.68. The van der Waals surface area contributed by atoms with Crippen molar-refractivity contribution in [3.05, 3.63) is 53.3 Å². The molecule has 0 bridgehead atoms. The van der Waals surface area contributed by atoms with Crippen LogP contribution < -0.4 is 4.74 Å². The molecule has 40 heavy (non-hydrogen) atoms. The summed E-state index contributed by atoms with van der Waals surface area (Å²) in [4.78, 5) is 23.1. The van der Waals surface area contributed by atoms with Gasteiger partial charge in [0.15, 0.2) is 5.60 Å². The van der Waals surface area contributed by atoms with Gasteiger partial charge < -0.3 is 19.2 Å². The maximum Gasteiger partial charge on any atom is 0.311 e. The Hall–Kier alpha value is -3.13. The molecule has 214 valence electrons. The van der Waals surface area contributed by atoms with E-state index >= 15 is 0 Å². The number of ether oxygens (including phenoxy) is 2. The molecular weight excluding hydrogens is 509 g/mol. The van der Waals surface area contributed by atoms with Crippen LogP contribution in [-0.4, -0.2) is 66.6 Å². The standard InChI is InChI=1S/C32H40FN3O4/c1-4-38-28-17-27(23-8-10-25(33)11-9-23)26(22-6-7-22)16-24(28)19-35-20-32(21-35)18-29(34-40-32)36-14-12-31(3,13-15-36)30(37)39-5-2/h8-11,16-17,22H,4-7,12-15,18-21H2,1-3H3. The van der Waals surface area contributed by atoms with Crippen LogP contribution in [0.2, 0.25) is 0 Å². The van der Waals surface area contributed by atoms with Crippen LogP contribution in [0.5, 0.6) is 5.75 Å². The molecule has 1 saturated carbocycles. The lowest BCUT2D eigenvalue weighted by Crippen LogP contribution is -2.61. The van der Waals surface area contributed by atoms with Crippen LogP contribution in [0.1, 0.15) is 69.9 Å². The third-order valence-electron chi connectivity index (χ3n) is 8.95. The SMILES string of the molecule is CCOC(=O)C1(C)CCN(C2=NOC3(C2)CN(Cc2cc(C4CC4)c(-c4ccc(F)cc4)cc2OCC)C3)CC1. The second-order valence-corrected chi connectivity index (χ2v) is 12.1. The molecule has 8 heteroatoms. The number of likely N-dealkylation sites (tertiary alicyclic amines) is 2. The van der Waals surface area contributed by atoms with E-state index < -0.39 is 5.41 Å². The van der Waals surface area contributed by atoms with E-state index in [9.17, 15) is 9.18 Å². The Morgan fingerprint density at radius 2 is 1.82 bits per heavy atom. The first-order valence-corrected chi connectivity index (χ1v) is 14.8. The number of benzene rings is 2. The Morgan fingerprint density at radius 1 is 1.10 bits per heavy atom. The van der Waals surface area contributed by atoms with Crippen LogP contribution in [0.3, 0.4) is 0 Å². The van der Waals surface area contributed by atoms with Crippen molar-refractivity contribution in [3.8, 4) is 16.9 Å². The van der Waals surface area contributed by atoms with E-state index in [1.165, 1.54) is 36.1 Å². The molecule has 3 fully saturated rings. The number of carbonyl (C=O) groups is 1. The quantitative estimate of drug-likeness (QED) is 0.393. The zero-order chi connectivity index (χ0) is 27.9. The maximum atomic E-state index is 13.6. The van der Waals surface area contributed by atoms with Gasteiger partial charge in [0.2, 0.25) is 0 Å². The number of nitrogens with zero attached hydrogens (tertiary/aromatic N) is 3. The van der Waals surface area contributed by atoms with Crippen LogP contribution in [0.15, 0.2) is 41.6 Å². The number of piperidine rings is 1. The molecule has 6 rings (SSSR count). The van der Waals surface area contributed by atoms with E-state index in [1.54, 1.807) is 0 Å². The minimum absolute atomic E-state index is 0.0904. The number of halogens is 1. The van der Waals surface area contributed by atoms with Gasteiger partial charge in [0, 0.05) is 38.3 Å². The molecule has 1 aliphatic carbocycles. The number of hydrogen-bond acceptors (Lipinski definition) is 7. The van der Waals surface area contributed by atoms with Crippen LogP contribution in [0, 0.1) is 11.2 Å². The molecule has 0 aromatic heterocycles. The van der Waals surface area contributed by atoms with Crippen LogP contribution in [0.25, 0.3) is 11.1 Å². The summed E-state index contributed by atoms with van der Waals surface area (Å²) in [5, 5.41) is 4.50. The van der Waals surface area contributed by atoms with E-state index in [-0.39, 0.29) is 17.4 Å². The van der Waals surface area contributed by atoms with Crippen LogP contribution in [-0.2, 0) is 20.9 Å². The molecule has 2 aromatic rings. The first-order chi connectivity index (χ1) is 19.3. The number of rotatable bonds is 8.